The zero-order valence-electron chi connectivity index (χ0n) is 10.2. The summed E-state index contributed by atoms with van der Waals surface area (Å²) in [6.45, 7) is 0. The van der Waals surface area contributed by atoms with Crippen LogP contribution in [0.2, 0.25) is 10.0 Å². The molecule has 0 N–H and O–H groups in total. The number of nitro groups is 1. The van der Waals surface area contributed by atoms with Crippen LogP contribution in [0.1, 0.15) is 10.4 Å². The molecule has 0 aliphatic carbocycles. The summed E-state index contributed by atoms with van der Waals surface area (Å²) < 4.78 is 17.8. The maximum atomic E-state index is 12.9. The zero-order valence-corrected chi connectivity index (χ0v) is 11.7. The molecule has 0 aromatic heterocycles. The average Bonchev–Trinajstić information content (AvgIpc) is 2.42. The quantitative estimate of drug-likeness (QED) is 0.365. The van der Waals surface area contributed by atoms with Crippen LogP contribution in [0, 0.1) is 15.9 Å². The molecule has 8 heteroatoms. The van der Waals surface area contributed by atoms with Crippen LogP contribution in [-0.2, 0) is 0 Å². The Labute approximate surface area is 128 Å². The molecule has 2 rings (SSSR count). The molecule has 108 valence electrons. The summed E-state index contributed by atoms with van der Waals surface area (Å²) in [5.41, 5.74) is -0.497. The highest BCUT2D eigenvalue weighted by atomic mass is 35.5. The Kier molecular flexibility index (Phi) is 4.40. The first-order chi connectivity index (χ1) is 9.88. The van der Waals surface area contributed by atoms with E-state index in [4.69, 9.17) is 27.9 Å². The molecule has 0 aliphatic heterocycles. The summed E-state index contributed by atoms with van der Waals surface area (Å²) in [5, 5.41) is 10.6. The van der Waals surface area contributed by atoms with Crippen molar-refractivity contribution < 1.29 is 18.8 Å². The summed E-state index contributed by atoms with van der Waals surface area (Å²) in [6, 6.07) is 6.70. The van der Waals surface area contributed by atoms with E-state index in [2.05, 4.69) is 0 Å². The number of benzene rings is 2. The molecule has 0 radical (unpaired) electrons. The van der Waals surface area contributed by atoms with Gasteiger partial charge in [0.1, 0.15) is 16.6 Å². The fourth-order valence-electron chi connectivity index (χ4n) is 1.50. The molecule has 0 saturated carbocycles. The van der Waals surface area contributed by atoms with Crippen molar-refractivity contribution in [3.05, 3.63) is 67.9 Å². The Hall–Kier alpha value is -2.18. The van der Waals surface area contributed by atoms with Gasteiger partial charge in [0.2, 0.25) is 0 Å². The van der Waals surface area contributed by atoms with Crippen LogP contribution in [0.15, 0.2) is 36.4 Å². The number of rotatable bonds is 3. The van der Waals surface area contributed by atoms with Crippen molar-refractivity contribution in [3.8, 4) is 5.75 Å². The molecule has 2 aromatic rings. The predicted molar refractivity (Wildman–Crippen MR) is 74.5 cm³/mol. The summed E-state index contributed by atoms with van der Waals surface area (Å²) in [5.74, 6) is -1.51. The van der Waals surface area contributed by atoms with Crippen molar-refractivity contribution >= 4 is 34.9 Å². The van der Waals surface area contributed by atoms with E-state index in [9.17, 15) is 19.3 Å². The molecule has 0 fully saturated rings. The van der Waals surface area contributed by atoms with Crippen LogP contribution in [0.25, 0.3) is 0 Å². The topological polar surface area (TPSA) is 69.4 Å². The number of esters is 1. The first-order valence-electron chi connectivity index (χ1n) is 5.49. The van der Waals surface area contributed by atoms with Crippen LogP contribution < -0.4 is 4.74 Å². The number of nitrogens with zero attached hydrogens (tertiary/aromatic N) is 1. The molecule has 0 saturated heterocycles. The van der Waals surface area contributed by atoms with Crippen molar-refractivity contribution in [2.75, 3.05) is 0 Å². The Morgan fingerprint density at radius 1 is 1.14 bits per heavy atom. The second kappa shape index (κ2) is 6.07. The largest absolute Gasteiger partial charge is 0.421 e. The number of carbonyl (C=O) groups is 1. The Bertz CT molecular complexity index is 736. The Morgan fingerprint density at radius 2 is 1.86 bits per heavy atom. The number of carbonyl (C=O) groups excluding carboxylic acids is 1. The van der Waals surface area contributed by atoms with Crippen LogP contribution in [-0.4, -0.2) is 10.9 Å². The molecule has 0 spiro atoms. The third-order valence-corrected chi connectivity index (χ3v) is 3.09. The van der Waals surface area contributed by atoms with Gasteiger partial charge in [0.05, 0.1) is 15.5 Å². The highest BCUT2D eigenvalue weighted by Gasteiger charge is 2.18. The molecule has 0 atom stereocenters. The monoisotopic (exact) mass is 329 g/mol. The lowest BCUT2D eigenvalue weighted by atomic mass is 10.2. The SMILES string of the molecule is O=C(Oc1ccc(F)cc1Cl)c1ccc(Cl)c([N+](=O)[O-])c1. The van der Waals surface area contributed by atoms with Crippen molar-refractivity contribution in [1.82, 2.24) is 0 Å². The molecule has 2 aromatic carbocycles. The third-order valence-electron chi connectivity index (χ3n) is 2.48. The molecule has 0 heterocycles. The van der Waals surface area contributed by atoms with Gasteiger partial charge in [-0.05, 0) is 30.3 Å². The smallest absolute Gasteiger partial charge is 0.343 e. The van der Waals surface area contributed by atoms with Crippen LogP contribution in [0.5, 0.6) is 5.75 Å². The standard InChI is InChI=1S/C13H6Cl2FNO4/c14-9-3-1-7(5-11(9)17(19)20)13(18)21-12-4-2-8(16)6-10(12)15/h1-6H. The van der Waals surface area contributed by atoms with E-state index in [-0.39, 0.29) is 21.4 Å². The second-order valence-corrected chi connectivity index (χ2v) is 4.70. The van der Waals surface area contributed by atoms with Gasteiger partial charge in [0, 0.05) is 6.07 Å². The van der Waals surface area contributed by atoms with E-state index in [0.717, 1.165) is 18.2 Å². The Morgan fingerprint density at radius 3 is 2.48 bits per heavy atom. The molecule has 0 amide bonds. The van der Waals surface area contributed by atoms with Gasteiger partial charge in [-0.2, -0.15) is 0 Å². The number of nitro benzene ring substituents is 1. The number of hydrogen-bond donors (Lipinski definition) is 0. The fourth-order valence-corrected chi connectivity index (χ4v) is 1.89. The minimum absolute atomic E-state index is 0.0549. The van der Waals surface area contributed by atoms with Crippen LogP contribution >= 0.6 is 23.2 Å². The number of hydrogen-bond acceptors (Lipinski definition) is 4. The first kappa shape index (κ1) is 15.2. The lowest BCUT2D eigenvalue weighted by molar-refractivity contribution is -0.384. The molecule has 0 unspecified atom stereocenters. The minimum Gasteiger partial charge on any atom is -0.421 e. The zero-order chi connectivity index (χ0) is 15.6. The lowest BCUT2D eigenvalue weighted by Gasteiger charge is -2.06. The maximum Gasteiger partial charge on any atom is 0.343 e. The molecule has 0 aliphatic rings. The van der Waals surface area contributed by atoms with Gasteiger partial charge in [0.25, 0.3) is 5.69 Å². The summed E-state index contributed by atoms with van der Waals surface area (Å²) >= 11 is 11.4. The highest BCUT2D eigenvalue weighted by Crippen LogP contribution is 2.28. The van der Waals surface area contributed by atoms with E-state index in [1.807, 2.05) is 0 Å². The van der Waals surface area contributed by atoms with E-state index in [1.165, 1.54) is 18.2 Å². The summed E-state index contributed by atoms with van der Waals surface area (Å²) in [4.78, 5) is 21.9. The second-order valence-electron chi connectivity index (χ2n) is 3.89. The minimum atomic E-state index is -0.872. The molecular formula is C13H6Cl2FNO4. The van der Waals surface area contributed by atoms with Gasteiger partial charge >= 0.3 is 5.97 Å². The first-order valence-corrected chi connectivity index (χ1v) is 6.25. The molecule has 5 nitrogen and oxygen atoms in total. The van der Waals surface area contributed by atoms with E-state index >= 15 is 0 Å². The van der Waals surface area contributed by atoms with Gasteiger partial charge in [-0.15, -0.1) is 0 Å². The molecule has 0 bridgehead atoms. The maximum absolute atomic E-state index is 12.9. The summed E-state index contributed by atoms with van der Waals surface area (Å²) in [7, 11) is 0. The van der Waals surface area contributed by atoms with Crippen molar-refractivity contribution in [1.29, 1.82) is 0 Å². The van der Waals surface area contributed by atoms with Crippen molar-refractivity contribution in [2.45, 2.75) is 0 Å². The lowest BCUT2D eigenvalue weighted by Crippen LogP contribution is -2.09. The highest BCUT2D eigenvalue weighted by molar-refractivity contribution is 6.33. The van der Waals surface area contributed by atoms with Gasteiger partial charge in [0.15, 0.2) is 0 Å². The van der Waals surface area contributed by atoms with E-state index in [1.54, 1.807) is 0 Å². The summed E-state index contributed by atoms with van der Waals surface area (Å²) in [6.07, 6.45) is 0. The number of ether oxygens (including phenoxy) is 1. The van der Waals surface area contributed by atoms with Gasteiger partial charge in [-0.25, -0.2) is 9.18 Å². The van der Waals surface area contributed by atoms with E-state index < -0.39 is 22.4 Å². The predicted octanol–water partition coefficient (Wildman–Crippen LogP) is 4.26. The molecule has 21 heavy (non-hydrogen) atoms. The van der Waals surface area contributed by atoms with Gasteiger partial charge < -0.3 is 4.74 Å². The Balaban J connectivity index is 2.28. The van der Waals surface area contributed by atoms with Gasteiger partial charge in [-0.3, -0.25) is 10.1 Å². The number of halogens is 3. The van der Waals surface area contributed by atoms with Crippen molar-refractivity contribution in [2.24, 2.45) is 0 Å². The fraction of sp³-hybridized carbons (Fsp3) is 0. The normalized spacial score (nSPS) is 10.2. The van der Waals surface area contributed by atoms with Gasteiger partial charge in [-0.1, -0.05) is 23.2 Å². The van der Waals surface area contributed by atoms with Crippen LogP contribution in [0.4, 0.5) is 10.1 Å². The molecular weight excluding hydrogens is 324 g/mol. The van der Waals surface area contributed by atoms with Crippen LogP contribution in [0.3, 0.4) is 0 Å². The van der Waals surface area contributed by atoms with E-state index in [0.29, 0.717) is 0 Å². The average molecular weight is 330 g/mol. The third kappa shape index (κ3) is 3.48. The van der Waals surface area contributed by atoms with Crippen molar-refractivity contribution in [3.63, 3.8) is 0 Å².